The van der Waals surface area contributed by atoms with Crippen LogP contribution in [0.2, 0.25) is 0 Å². The first-order chi connectivity index (χ1) is 8.86. The lowest BCUT2D eigenvalue weighted by atomic mass is 9.82. The molecule has 0 aromatic rings. The zero-order valence-corrected chi connectivity index (χ0v) is 13.6. The molecule has 20 heavy (non-hydrogen) atoms. The molecular weight excluding hydrogens is 259 g/mol. The standard InChI is InChI=1S/C15H27FN2O2/c1-13(2,3)8-9-18-12(19)10(17)11(20-7)15(18,16)14(4,5)6/h8-9,17H2,1-7H3. The van der Waals surface area contributed by atoms with E-state index in [0.717, 1.165) is 0 Å². The molecule has 0 aromatic carbocycles. The van der Waals surface area contributed by atoms with Crippen molar-refractivity contribution in [1.82, 2.24) is 4.90 Å². The molecule has 1 amide bonds. The van der Waals surface area contributed by atoms with Gasteiger partial charge in [-0.25, -0.2) is 4.39 Å². The second-order valence-electron chi connectivity index (χ2n) is 7.59. The Bertz CT molecular complexity index is 432. The van der Waals surface area contributed by atoms with E-state index < -0.39 is 17.1 Å². The molecule has 0 saturated heterocycles. The largest absolute Gasteiger partial charge is 0.493 e. The summed E-state index contributed by atoms with van der Waals surface area (Å²) >= 11 is 0. The summed E-state index contributed by atoms with van der Waals surface area (Å²) in [5.41, 5.74) is 4.81. The molecule has 1 heterocycles. The van der Waals surface area contributed by atoms with E-state index in [9.17, 15) is 4.79 Å². The van der Waals surface area contributed by atoms with Crippen LogP contribution in [0.15, 0.2) is 11.5 Å². The minimum Gasteiger partial charge on any atom is -0.493 e. The van der Waals surface area contributed by atoms with Crippen LogP contribution in [-0.4, -0.2) is 30.3 Å². The van der Waals surface area contributed by atoms with Gasteiger partial charge in [-0.05, 0) is 11.8 Å². The summed E-state index contributed by atoms with van der Waals surface area (Å²) in [5, 5.41) is 0. The van der Waals surface area contributed by atoms with Crippen LogP contribution in [0.4, 0.5) is 4.39 Å². The number of nitrogens with zero attached hydrogens (tertiary/aromatic N) is 1. The van der Waals surface area contributed by atoms with Crippen molar-refractivity contribution in [2.75, 3.05) is 13.7 Å². The van der Waals surface area contributed by atoms with Crippen molar-refractivity contribution in [3.05, 3.63) is 11.5 Å². The molecule has 0 bridgehead atoms. The van der Waals surface area contributed by atoms with Crippen LogP contribution in [0, 0.1) is 10.8 Å². The van der Waals surface area contributed by atoms with Gasteiger partial charge in [0.05, 0.1) is 7.11 Å². The Hall–Kier alpha value is -1.26. The summed E-state index contributed by atoms with van der Waals surface area (Å²) in [6.45, 7) is 11.7. The molecule has 4 nitrogen and oxygen atoms in total. The summed E-state index contributed by atoms with van der Waals surface area (Å²) < 4.78 is 20.8. The summed E-state index contributed by atoms with van der Waals surface area (Å²) in [5.74, 6) is -2.55. The molecule has 1 atom stereocenters. The van der Waals surface area contributed by atoms with E-state index in [-0.39, 0.29) is 16.9 Å². The lowest BCUT2D eigenvalue weighted by Crippen LogP contribution is -2.54. The van der Waals surface area contributed by atoms with Crippen molar-refractivity contribution in [2.45, 2.75) is 53.8 Å². The lowest BCUT2D eigenvalue weighted by molar-refractivity contribution is -0.150. The third-order valence-electron chi connectivity index (χ3n) is 3.68. The quantitative estimate of drug-likeness (QED) is 0.812. The number of halogens is 1. The van der Waals surface area contributed by atoms with Crippen LogP contribution in [0.3, 0.4) is 0 Å². The van der Waals surface area contributed by atoms with Crippen molar-refractivity contribution >= 4 is 5.91 Å². The Kier molecular flexibility index (Phi) is 4.14. The summed E-state index contributed by atoms with van der Waals surface area (Å²) in [6.07, 6.45) is 0.685. The summed E-state index contributed by atoms with van der Waals surface area (Å²) in [6, 6.07) is 0. The summed E-state index contributed by atoms with van der Waals surface area (Å²) in [7, 11) is 1.35. The smallest absolute Gasteiger partial charge is 0.276 e. The van der Waals surface area contributed by atoms with E-state index in [1.807, 2.05) is 0 Å². The fourth-order valence-corrected chi connectivity index (χ4v) is 2.38. The molecule has 5 heteroatoms. The summed E-state index contributed by atoms with van der Waals surface area (Å²) in [4.78, 5) is 13.5. The van der Waals surface area contributed by atoms with Gasteiger partial charge < -0.3 is 10.5 Å². The highest BCUT2D eigenvalue weighted by molar-refractivity contribution is 5.97. The molecule has 2 N–H and O–H groups in total. The Morgan fingerprint density at radius 2 is 1.75 bits per heavy atom. The SMILES string of the molecule is COC1=C(N)C(=O)N(CCC(C)(C)C)C1(F)C(C)(C)C. The molecule has 0 fully saturated rings. The second-order valence-corrected chi connectivity index (χ2v) is 7.59. The fourth-order valence-electron chi connectivity index (χ4n) is 2.38. The van der Waals surface area contributed by atoms with E-state index in [1.54, 1.807) is 20.8 Å². The molecule has 1 unspecified atom stereocenters. The average Bonchev–Trinajstić information content (AvgIpc) is 2.44. The molecule has 0 saturated carbocycles. The number of carbonyl (C=O) groups is 1. The molecule has 0 aliphatic carbocycles. The Morgan fingerprint density at radius 3 is 2.10 bits per heavy atom. The predicted molar refractivity (Wildman–Crippen MR) is 77.3 cm³/mol. The van der Waals surface area contributed by atoms with Crippen LogP contribution in [-0.2, 0) is 9.53 Å². The van der Waals surface area contributed by atoms with E-state index in [1.165, 1.54) is 12.0 Å². The highest BCUT2D eigenvalue weighted by Crippen LogP contribution is 2.48. The van der Waals surface area contributed by atoms with Crippen LogP contribution < -0.4 is 5.73 Å². The van der Waals surface area contributed by atoms with Gasteiger partial charge in [0.2, 0.25) is 5.79 Å². The van der Waals surface area contributed by atoms with E-state index in [2.05, 4.69) is 20.8 Å². The van der Waals surface area contributed by atoms with Crippen LogP contribution in [0.25, 0.3) is 0 Å². The average molecular weight is 286 g/mol. The highest BCUT2D eigenvalue weighted by atomic mass is 19.1. The first-order valence-electron chi connectivity index (χ1n) is 6.91. The number of amides is 1. The minimum absolute atomic E-state index is 0.00363. The van der Waals surface area contributed by atoms with Gasteiger partial charge >= 0.3 is 0 Å². The number of hydrogen-bond acceptors (Lipinski definition) is 3. The third kappa shape index (κ3) is 2.63. The van der Waals surface area contributed by atoms with Crippen molar-refractivity contribution < 1.29 is 13.9 Å². The topological polar surface area (TPSA) is 55.6 Å². The van der Waals surface area contributed by atoms with Crippen molar-refractivity contribution in [3.8, 4) is 0 Å². The minimum atomic E-state index is -2.01. The number of hydrogen-bond donors (Lipinski definition) is 1. The van der Waals surface area contributed by atoms with E-state index in [4.69, 9.17) is 10.5 Å². The molecule has 0 radical (unpaired) electrons. The van der Waals surface area contributed by atoms with Gasteiger partial charge in [0.15, 0.2) is 5.76 Å². The van der Waals surface area contributed by atoms with Crippen LogP contribution in [0.5, 0.6) is 0 Å². The Labute approximate surface area is 121 Å². The maximum Gasteiger partial charge on any atom is 0.276 e. The normalized spacial score (nSPS) is 24.6. The van der Waals surface area contributed by atoms with Gasteiger partial charge in [-0.1, -0.05) is 41.5 Å². The van der Waals surface area contributed by atoms with E-state index in [0.29, 0.717) is 13.0 Å². The molecule has 1 aliphatic heterocycles. The number of methoxy groups -OCH3 is 1. The number of alkyl halides is 1. The van der Waals surface area contributed by atoms with Gasteiger partial charge in [-0.3, -0.25) is 9.69 Å². The fraction of sp³-hybridized carbons (Fsp3) is 0.800. The highest BCUT2D eigenvalue weighted by Gasteiger charge is 2.60. The predicted octanol–water partition coefficient (Wildman–Crippen LogP) is 2.79. The van der Waals surface area contributed by atoms with Gasteiger partial charge in [-0.15, -0.1) is 0 Å². The zero-order valence-electron chi connectivity index (χ0n) is 13.6. The molecule has 1 aliphatic rings. The van der Waals surface area contributed by atoms with Crippen LogP contribution >= 0.6 is 0 Å². The van der Waals surface area contributed by atoms with Gasteiger partial charge in [0.25, 0.3) is 5.91 Å². The van der Waals surface area contributed by atoms with Crippen molar-refractivity contribution in [2.24, 2.45) is 16.6 Å². The van der Waals surface area contributed by atoms with Gasteiger partial charge in [0, 0.05) is 12.0 Å². The van der Waals surface area contributed by atoms with Gasteiger partial charge in [0.1, 0.15) is 5.70 Å². The maximum atomic E-state index is 15.7. The zero-order chi connectivity index (χ0) is 15.9. The van der Waals surface area contributed by atoms with Gasteiger partial charge in [-0.2, -0.15) is 0 Å². The third-order valence-corrected chi connectivity index (χ3v) is 3.68. The molecule has 116 valence electrons. The number of rotatable bonds is 3. The Morgan fingerprint density at radius 1 is 1.25 bits per heavy atom. The first kappa shape index (κ1) is 16.8. The number of carbonyl (C=O) groups excluding carboxylic acids is 1. The second kappa shape index (κ2) is 4.93. The number of nitrogens with two attached hydrogens (primary N) is 1. The Balaban J connectivity index is 3.21. The molecule has 1 rings (SSSR count). The molecule has 0 spiro atoms. The molecule has 0 aromatic heterocycles. The van der Waals surface area contributed by atoms with Crippen LogP contribution in [0.1, 0.15) is 48.0 Å². The first-order valence-corrected chi connectivity index (χ1v) is 6.91. The van der Waals surface area contributed by atoms with E-state index >= 15 is 4.39 Å². The van der Waals surface area contributed by atoms with Crippen molar-refractivity contribution in [3.63, 3.8) is 0 Å². The molecular formula is C15H27FN2O2. The number of ether oxygens (including phenoxy) is 1. The lowest BCUT2D eigenvalue weighted by Gasteiger charge is -2.42. The monoisotopic (exact) mass is 286 g/mol. The maximum absolute atomic E-state index is 15.7. The van der Waals surface area contributed by atoms with Crippen molar-refractivity contribution in [1.29, 1.82) is 0 Å².